The van der Waals surface area contributed by atoms with Gasteiger partial charge >= 0.3 is 5.97 Å². The van der Waals surface area contributed by atoms with Gasteiger partial charge in [0.1, 0.15) is 5.01 Å². The third-order valence-corrected chi connectivity index (χ3v) is 4.34. The first-order chi connectivity index (χ1) is 9.15. The molecule has 1 saturated carbocycles. The second-order valence-corrected chi connectivity index (χ2v) is 5.80. The molecule has 100 valence electrons. The number of hydrogen-bond acceptors (Lipinski definition) is 5. The first-order valence-corrected chi connectivity index (χ1v) is 7.07. The topological polar surface area (TPSA) is 92.2 Å². The molecule has 1 aromatic heterocycles. The maximum absolute atomic E-state index is 12.0. The Hall–Kier alpha value is -1.76. The molecule has 0 atom stereocenters. The SMILES string of the molecule is O=C(O)C1=C(C(=O)Nc2nnc(C3CC3)s2)CCC1. The Balaban J connectivity index is 1.73. The summed E-state index contributed by atoms with van der Waals surface area (Å²) >= 11 is 1.38. The molecule has 2 aliphatic rings. The number of carbonyl (C=O) groups excluding carboxylic acids is 1. The highest BCUT2D eigenvalue weighted by Crippen LogP contribution is 2.42. The maximum atomic E-state index is 12.0. The van der Waals surface area contributed by atoms with Gasteiger partial charge in [-0.1, -0.05) is 11.3 Å². The second-order valence-electron chi connectivity index (χ2n) is 4.79. The van der Waals surface area contributed by atoms with Gasteiger partial charge in [-0.2, -0.15) is 0 Å². The van der Waals surface area contributed by atoms with Crippen molar-refractivity contribution >= 4 is 28.3 Å². The number of amides is 1. The van der Waals surface area contributed by atoms with Gasteiger partial charge < -0.3 is 5.11 Å². The molecule has 7 heteroatoms. The number of hydrogen-bond donors (Lipinski definition) is 2. The zero-order valence-corrected chi connectivity index (χ0v) is 11.0. The van der Waals surface area contributed by atoms with E-state index < -0.39 is 5.97 Å². The number of nitrogens with one attached hydrogen (secondary N) is 1. The Kier molecular flexibility index (Phi) is 3.06. The van der Waals surface area contributed by atoms with E-state index in [2.05, 4.69) is 15.5 Å². The van der Waals surface area contributed by atoms with Crippen LogP contribution in [-0.4, -0.2) is 27.2 Å². The summed E-state index contributed by atoms with van der Waals surface area (Å²) in [7, 11) is 0. The minimum absolute atomic E-state index is 0.226. The maximum Gasteiger partial charge on any atom is 0.332 e. The van der Waals surface area contributed by atoms with E-state index >= 15 is 0 Å². The van der Waals surface area contributed by atoms with Gasteiger partial charge in [0.15, 0.2) is 0 Å². The minimum atomic E-state index is -1.00. The van der Waals surface area contributed by atoms with Crippen LogP contribution in [0.4, 0.5) is 5.13 Å². The number of carboxylic acid groups (broad SMARTS) is 1. The third-order valence-electron chi connectivity index (χ3n) is 3.34. The molecule has 2 N–H and O–H groups in total. The number of aliphatic carboxylic acids is 1. The van der Waals surface area contributed by atoms with Crippen molar-refractivity contribution in [3.05, 3.63) is 16.2 Å². The first-order valence-electron chi connectivity index (χ1n) is 6.25. The molecule has 6 nitrogen and oxygen atoms in total. The lowest BCUT2D eigenvalue weighted by atomic mass is 10.1. The van der Waals surface area contributed by atoms with Crippen LogP contribution in [0, 0.1) is 0 Å². The van der Waals surface area contributed by atoms with Crippen LogP contribution in [0.1, 0.15) is 43.0 Å². The molecule has 0 aliphatic heterocycles. The van der Waals surface area contributed by atoms with Gasteiger partial charge in [0, 0.05) is 17.1 Å². The van der Waals surface area contributed by atoms with E-state index in [1.165, 1.54) is 11.3 Å². The summed E-state index contributed by atoms with van der Waals surface area (Å²) < 4.78 is 0. The molecule has 0 spiro atoms. The molecule has 1 fully saturated rings. The number of aromatic nitrogens is 2. The fourth-order valence-corrected chi connectivity index (χ4v) is 3.09. The molecular weight excluding hydrogens is 266 g/mol. The standard InChI is InChI=1S/C12H13N3O3S/c16-9(7-2-1-3-8(7)11(17)18)13-12-15-14-10(19-12)6-4-5-6/h6H,1-5H2,(H,17,18)(H,13,15,16). The molecule has 0 bridgehead atoms. The van der Waals surface area contributed by atoms with Crippen molar-refractivity contribution in [2.24, 2.45) is 0 Å². The van der Waals surface area contributed by atoms with Crippen molar-refractivity contribution in [3.8, 4) is 0 Å². The van der Waals surface area contributed by atoms with Gasteiger partial charge in [0.25, 0.3) is 5.91 Å². The van der Waals surface area contributed by atoms with Crippen LogP contribution in [0.2, 0.25) is 0 Å². The Morgan fingerprint density at radius 2 is 1.95 bits per heavy atom. The van der Waals surface area contributed by atoms with Gasteiger partial charge in [0.2, 0.25) is 5.13 Å². The van der Waals surface area contributed by atoms with Crippen molar-refractivity contribution in [1.82, 2.24) is 10.2 Å². The fourth-order valence-electron chi connectivity index (χ4n) is 2.18. The molecule has 3 rings (SSSR count). The molecular formula is C12H13N3O3S. The van der Waals surface area contributed by atoms with Gasteiger partial charge in [-0.05, 0) is 32.1 Å². The molecule has 1 aromatic rings. The number of nitrogens with zero attached hydrogens (tertiary/aromatic N) is 2. The third kappa shape index (κ3) is 2.51. The predicted molar refractivity (Wildman–Crippen MR) is 69.0 cm³/mol. The largest absolute Gasteiger partial charge is 0.478 e. The lowest BCUT2D eigenvalue weighted by Gasteiger charge is -2.03. The van der Waals surface area contributed by atoms with E-state index in [0.717, 1.165) is 17.8 Å². The lowest BCUT2D eigenvalue weighted by Crippen LogP contribution is -2.16. The summed E-state index contributed by atoms with van der Waals surface area (Å²) in [6, 6.07) is 0. The molecule has 0 saturated heterocycles. The average Bonchev–Trinajstić information content (AvgIpc) is 2.92. The normalized spacial score (nSPS) is 18.7. The highest BCUT2D eigenvalue weighted by atomic mass is 32.1. The number of anilines is 1. The van der Waals surface area contributed by atoms with Crippen molar-refractivity contribution in [3.63, 3.8) is 0 Å². The Morgan fingerprint density at radius 3 is 2.63 bits per heavy atom. The summed E-state index contributed by atoms with van der Waals surface area (Å²) in [6.07, 6.45) is 3.96. The lowest BCUT2D eigenvalue weighted by molar-refractivity contribution is -0.133. The number of carboxylic acids is 1. The minimum Gasteiger partial charge on any atom is -0.478 e. The van der Waals surface area contributed by atoms with E-state index in [-0.39, 0.29) is 11.5 Å². The van der Waals surface area contributed by atoms with Gasteiger partial charge in [-0.25, -0.2) is 4.79 Å². The molecule has 1 heterocycles. The van der Waals surface area contributed by atoms with Gasteiger partial charge in [0.05, 0.1) is 0 Å². The zero-order chi connectivity index (χ0) is 13.4. The van der Waals surface area contributed by atoms with E-state index in [0.29, 0.717) is 35.9 Å². The highest BCUT2D eigenvalue weighted by Gasteiger charge is 2.29. The molecule has 19 heavy (non-hydrogen) atoms. The Bertz CT molecular complexity index is 575. The van der Waals surface area contributed by atoms with Crippen LogP contribution >= 0.6 is 11.3 Å². The molecule has 2 aliphatic carbocycles. The van der Waals surface area contributed by atoms with Gasteiger partial charge in [-0.15, -0.1) is 10.2 Å². The van der Waals surface area contributed by atoms with Crippen LogP contribution in [0.5, 0.6) is 0 Å². The van der Waals surface area contributed by atoms with Crippen LogP contribution in [-0.2, 0) is 9.59 Å². The molecule has 0 radical (unpaired) electrons. The predicted octanol–water partition coefficient (Wildman–Crippen LogP) is 1.92. The summed E-state index contributed by atoms with van der Waals surface area (Å²) in [4.78, 5) is 23.0. The van der Waals surface area contributed by atoms with Gasteiger partial charge in [-0.3, -0.25) is 10.1 Å². The summed E-state index contributed by atoms with van der Waals surface area (Å²) in [6.45, 7) is 0. The Morgan fingerprint density at radius 1 is 1.21 bits per heavy atom. The first kappa shape index (κ1) is 12.3. The Labute approximate surface area is 113 Å². The summed E-state index contributed by atoms with van der Waals surface area (Å²) in [5, 5.41) is 21.0. The van der Waals surface area contributed by atoms with Crippen LogP contribution < -0.4 is 5.32 Å². The van der Waals surface area contributed by atoms with Crippen molar-refractivity contribution in [2.75, 3.05) is 5.32 Å². The fraction of sp³-hybridized carbons (Fsp3) is 0.500. The monoisotopic (exact) mass is 279 g/mol. The average molecular weight is 279 g/mol. The van der Waals surface area contributed by atoms with Crippen molar-refractivity contribution < 1.29 is 14.7 Å². The van der Waals surface area contributed by atoms with E-state index in [1.807, 2.05) is 0 Å². The van der Waals surface area contributed by atoms with E-state index in [9.17, 15) is 9.59 Å². The zero-order valence-electron chi connectivity index (χ0n) is 10.2. The molecule has 0 aromatic carbocycles. The summed E-state index contributed by atoms with van der Waals surface area (Å²) in [5.41, 5.74) is 0.597. The number of carbonyl (C=O) groups is 2. The quantitative estimate of drug-likeness (QED) is 0.878. The summed E-state index contributed by atoms with van der Waals surface area (Å²) in [5.74, 6) is -0.851. The van der Waals surface area contributed by atoms with Crippen molar-refractivity contribution in [2.45, 2.75) is 38.0 Å². The van der Waals surface area contributed by atoms with E-state index in [1.54, 1.807) is 0 Å². The molecule has 0 unspecified atom stereocenters. The number of rotatable bonds is 4. The van der Waals surface area contributed by atoms with E-state index in [4.69, 9.17) is 5.11 Å². The van der Waals surface area contributed by atoms with Crippen LogP contribution in [0.3, 0.4) is 0 Å². The second kappa shape index (κ2) is 4.73. The van der Waals surface area contributed by atoms with Crippen molar-refractivity contribution in [1.29, 1.82) is 0 Å². The molecule has 1 amide bonds. The highest BCUT2D eigenvalue weighted by molar-refractivity contribution is 7.15. The van der Waals surface area contributed by atoms with Crippen LogP contribution in [0.25, 0.3) is 0 Å². The smallest absolute Gasteiger partial charge is 0.332 e. The van der Waals surface area contributed by atoms with Crippen LogP contribution in [0.15, 0.2) is 11.1 Å².